The number of carbonyl (C=O) groups is 3. The Morgan fingerprint density at radius 2 is 1.87 bits per heavy atom. The predicted molar refractivity (Wildman–Crippen MR) is 147 cm³/mol. The molecule has 2 aliphatic heterocycles. The SMILES string of the molecule is CC(=O)C(C)N1CCC(Nc2cc(-n3nc(C)c4c3CC(C)(C)N(CC3CC3)C4=O)ccc2C(N)=O)CC1. The maximum Gasteiger partial charge on any atom is 0.258 e. The fourth-order valence-corrected chi connectivity index (χ4v) is 5.94. The summed E-state index contributed by atoms with van der Waals surface area (Å²) in [6.45, 7) is 12.2. The summed E-state index contributed by atoms with van der Waals surface area (Å²) < 4.78 is 1.87. The van der Waals surface area contributed by atoms with E-state index in [4.69, 9.17) is 10.8 Å². The van der Waals surface area contributed by atoms with Crippen molar-refractivity contribution in [3.05, 3.63) is 40.7 Å². The number of piperidine rings is 1. The zero-order valence-corrected chi connectivity index (χ0v) is 23.2. The van der Waals surface area contributed by atoms with Gasteiger partial charge in [-0.25, -0.2) is 4.68 Å². The Morgan fingerprint density at radius 1 is 1.18 bits per heavy atom. The van der Waals surface area contributed by atoms with Gasteiger partial charge in [-0.3, -0.25) is 19.3 Å². The number of nitrogens with one attached hydrogen (secondary N) is 1. The number of benzene rings is 1. The van der Waals surface area contributed by atoms with Crippen LogP contribution >= 0.6 is 0 Å². The Labute approximate surface area is 224 Å². The molecule has 1 aromatic heterocycles. The molecule has 0 radical (unpaired) electrons. The number of rotatable bonds is 8. The van der Waals surface area contributed by atoms with Crippen LogP contribution in [0.3, 0.4) is 0 Å². The van der Waals surface area contributed by atoms with Crippen molar-refractivity contribution in [3.63, 3.8) is 0 Å². The molecule has 9 heteroatoms. The molecule has 2 aromatic rings. The van der Waals surface area contributed by atoms with Gasteiger partial charge >= 0.3 is 0 Å². The number of primary amides is 1. The van der Waals surface area contributed by atoms with Crippen molar-refractivity contribution < 1.29 is 14.4 Å². The van der Waals surface area contributed by atoms with Gasteiger partial charge in [0.15, 0.2) is 0 Å². The Hall–Kier alpha value is -3.20. The first-order chi connectivity index (χ1) is 18.0. The lowest BCUT2D eigenvalue weighted by Gasteiger charge is -2.42. The van der Waals surface area contributed by atoms with Crippen LogP contribution < -0.4 is 11.1 Å². The zero-order valence-electron chi connectivity index (χ0n) is 23.2. The number of hydrogen-bond acceptors (Lipinski definition) is 6. The molecule has 204 valence electrons. The minimum Gasteiger partial charge on any atom is -0.382 e. The van der Waals surface area contributed by atoms with Gasteiger partial charge in [-0.05, 0) is 84.4 Å². The summed E-state index contributed by atoms with van der Waals surface area (Å²) in [5.74, 6) is 0.357. The monoisotopic (exact) mass is 520 g/mol. The number of nitrogens with zero attached hydrogens (tertiary/aromatic N) is 4. The number of ketones is 1. The molecule has 1 atom stereocenters. The van der Waals surface area contributed by atoms with Crippen molar-refractivity contribution >= 4 is 23.3 Å². The lowest BCUT2D eigenvalue weighted by molar-refractivity contribution is -0.122. The summed E-state index contributed by atoms with van der Waals surface area (Å²) in [6.07, 6.45) is 4.81. The van der Waals surface area contributed by atoms with Gasteiger partial charge in [0.25, 0.3) is 11.8 Å². The minimum absolute atomic E-state index is 0.0607. The topological polar surface area (TPSA) is 114 Å². The third-order valence-electron chi connectivity index (χ3n) is 8.62. The number of carbonyl (C=O) groups excluding carboxylic acids is 3. The van der Waals surface area contributed by atoms with Crippen molar-refractivity contribution in [2.24, 2.45) is 11.7 Å². The molecule has 3 aliphatic rings. The average Bonchev–Trinajstić information content (AvgIpc) is 3.63. The molecule has 1 unspecified atom stereocenters. The zero-order chi connectivity index (χ0) is 27.4. The van der Waals surface area contributed by atoms with Crippen LogP contribution in [-0.4, -0.2) is 74.4 Å². The number of aryl methyl sites for hydroxylation is 1. The van der Waals surface area contributed by atoms with Gasteiger partial charge in [-0.2, -0.15) is 5.10 Å². The minimum atomic E-state index is -0.493. The van der Waals surface area contributed by atoms with E-state index in [0.29, 0.717) is 29.2 Å². The highest BCUT2D eigenvalue weighted by Crippen LogP contribution is 2.38. The summed E-state index contributed by atoms with van der Waals surface area (Å²) in [4.78, 5) is 41.9. The normalized spacial score (nSPS) is 20.8. The first-order valence-electron chi connectivity index (χ1n) is 13.8. The Balaban J connectivity index is 1.43. The molecular weight excluding hydrogens is 480 g/mol. The fourth-order valence-electron chi connectivity index (χ4n) is 5.94. The molecule has 38 heavy (non-hydrogen) atoms. The average molecular weight is 521 g/mol. The number of Topliss-reactive ketones (excluding diaryl/α,β-unsaturated/α-hetero) is 1. The first kappa shape index (κ1) is 26.4. The first-order valence-corrected chi connectivity index (χ1v) is 13.8. The molecule has 1 aliphatic carbocycles. The van der Waals surface area contributed by atoms with E-state index in [2.05, 4.69) is 24.1 Å². The van der Waals surface area contributed by atoms with Crippen LogP contribution in [0.25, 0.3) is 5.69 Å². The maximum atomic E-state index is 13.6. The standard InChI is InChI=1S/C29H40N6O3/c1-17-26-25(15-29(4,5)34(28(26)38)16-20-6-7-20)35(32-17)22-8-9-23(27(30)37)24(14-22)31-21-10-12-33(13-11-21)18(2)19(3)36/h8-9,14,18,20-21,31H,6-7,10-13,15-16H2,1-5H3,(H2,30,37). The Bertz CT molecular complexity index is 1270. The van der Waals surface area contributed by atoms with Crippen LogP contribution in [0.15, 0.2) is 18.2 Å². The quantitative estimate of drug-likeness (QED) is 0.552. The van der Waals surface area contributed by atoms with E-state index in [1.54, 1.807) is 13.0 Å². The molecule has 5 rings (SSSR count). The summed E-state index contributed by atoms with van der Waals surface area (Å²) in [7, 11) is 0. The van der Waals surface area contributed by atoms with Crippen LogP contribution in [0, 0.1) is 12.8 Å². The van der Waals surface area contributed by atoms with Crippen molar-refractivity contribution in [1.29, 1.82) is 0 Å². The largest absolute Gasteiger partial charge is 0.382 e. The van der Waals surface area contributed by atoms with Crippen molar-refractivity contribution in [1.82, 2.24) is 19.6 Å². The maximum absolute atomic E-state index is 13.6. The van der Waals surface area contributed by atoms with E-state index in [9.17, 15) is 14.4 Å². The van der Waals surface area contributed by atoms with Gasteiger partial charge in [-0.15, -0.1) is 0 Å². The highest BCUT2D eigenvalue weighted by Gasteiger charge is 2.43. The summed E-state index contributed by atoms with van der Waals surface area (Å²) in [5.41, 5.74) is 9.66. The summed E-state index contributed by atoms with van der Waals surface area (Å²) in [6, 6.07) is 5.59. The third-order valence-corrected chi connectivity index (χ3v) is 8.62. The fraction of sp³-hybridized carbons (Fsp3) is 0.586. The number of fused-ring (bicyclic) bond motifs is 1. The second kappa shape index (κ2) is 9.84. The van der Waals surface area contributed by atoms with E-state index in [1.165, 1.54) is 12.8 Å². The highest BCUT2D eigenvalue weighted by molar-refractivity contribution is 6.00. The van der Waals surface area contributed by atoms with Gasteiger partial charge < -0.3 is 16.0 Å². The van der Waals surface area contributed by atoms with Crippen LogP contribution in [0.4, 0.5) is 5.69 Å². The van der Waals surface area contributed by atoms with Crippen LogP contribution in [0.1, 0.15) is 85.5 Å². The molecule has 3 N–H and O–H groups in total. The van der Waals surface area contributed by atoms with E-state index in [-0.39, 0.29) is 29.3 Å². The van der Waals surface area contributed by atoms with E-state index in [1.807, 2.05) is 35.6 Å². The van der Waals surface area contributed by atoms with E-state index < -0.39 is 5.91 Å². The van der Waals surface area contributed by atoms with Gasteiger partial charge in [0.05, 0.1) is 34.2 Å². The molecule has 0 bridgehead atoms. The predicted octanol–water partition coefficient (Wildman–Crippen LogP) is 3.32. The van der Waals surface area contributed by atoms with Crippen LogP contribution in [-0.2, 0) is 11.2 Å². The molecule has 9 nitrogen and oxygen atoms in total. The van der Waals surface area contributed by atoms with Crippen molar-refractivity contribution in [3.8, 4) is 5.69 Å². The van der Waals surface area contributed by atoms with E-state index >= 15 is 0 Å². The molecule has 1 aromatic carbocycles. The summed E-state index contributed by atoms with van der Waals surface area (Å²) in [5, 5.41) is 8.35. The van der Waals surface area contributed by atoms with E-state index in [0.717, 1.165) is 49.6 Å². The molecule has 1 saturated heterocycles. The molecule has 2 fully saturated rings. The lowest BCUT2D eigenvalue weighted by atomic mass is 9.87. The second-order valence-corrected chi connectivity index (χ2v) is 12.0. The lowest BCUT2D eigenvalue weighted by Crippen LogP contribution is -2.53. The Kier molecular flexibility index (Phi) is 6.84. The number of anilines is 1. The molecular formula is C29H40N6O3. The molecule has 1 saturated carbocycles. The van der Waals surface area contributed by atoms with Crippen molar-refractivity contribution in [2.75, 3.05) is 25.0 Å². The Morgan fingerprint density at radius 3 is 2.47 bits per heavy atom. The smallest absolute Gasteiger partial charge is 0.258 e. The third kappa shape index (κ3) is 4.96. The number of hydrogen-bond donors (Lipinski definition) is 2. The van der Waals surface area contributed by atoms with Crippen molar-refractivity contribution in [2.45, 2.75) is 84.3 Å². The number of likely N-dealkylation sites (tertiary alicyclic amines) is 1. The van der Waals surface area contributed by atoms with Crippen LogP contribution in [0.5, 0.6) is 0 Å². The number of aromatic nitrogens is 2. The van der Waals surface area contributed by atoms with Gasteiger partial charge in [0.1, 0.15) is 5.78 Å². The van der Waals surface area contributed by atoms with Crippen LogP contribution in [0.2, 0.25) is 0 Å². The van der Waals surface area contributed by atoms with Gasteiger partial charge in [0.2, 0.25) is 0 Å². The molecule has 2 amide bonds. The molecule has 0 spiro atoms. The number of nitrogens with two attached hydrogens (primary N) is 1. The van der Waals surface area contributed by atoms with Gasteiger partial charge in [-0.1, -0.05) is 0 Å². The van der Waals surface area contributed by atoms with Gasteiger partial charge in [0, 0.05) is 43.3 Å². The molecule has 3 heterocycles. The highest BCUT2D eigenvalue weighted by atomic mass is 16.2. The second-order valence-electron chi connectivity index (χ2n) is 12.0. The number of amides is 2. The summed E-state index contributed by atoms with van der Waals surface area (Å²) >= 11 is 0.